The number of carbonyl (C=O) groups is 1. The topological polar surface area (TPSA) is 94.3 Å². The Morgan fingerprint density at radius 1 is 1.16 bits per heavy atom. The van der Waals surface area contributed by atoms with Crippen LogP contribution in [-0.4, -0.2) is 28.0 Å². The van der Waals surface area contributed by atoms with Crippen LogP contribution in [0.3, 0.4) is 0 Å². The van der Waals surface area contributed by atoms with E-state index in [0.717, 1.165) is 37.1 Å². The summed E-state index contributed by atoms with van der Waals surface area (Å²) in [4.78, 5) is 31.7. The van der Waals surface area contributed by atoms with Crippen molar-refractivity contribution in [1.82, 2.24) is 15.3 Å². The summed E-state index contributed by atoms with van der Waals surface area (Å²) in [5.41, 5.74) is 1.65. The van der Waals surface area contributed by atoms with Gasteiger partial charge in [-0.3, -0.25) is 4.79 Å². The Bertz CT molecular complexity index is 769. The van der Waals surface area contributed by atoms with Crippen LogP contribution in [0.1, 0.15) is 47.4 Å². The van der Waals surface area contributed by atoms with Crippen molar-refractivity contribution in [3.8, 4) is 6.01 Å². The molecule has 7 heteroatoms. The number of amides is 1. The second-order valence-corrected chi connectivity index (χ2v) is 6.34. The third kappa shape index (κ3) is 4.65. The summed E-state index contributed by atoms with van der Waals surface area (Å²) in [6.07, 6.45) is 4.53. The molecule has 3 rings (SSSR count). The van der Waals surface area contributed by atoms with Crippen molar-refractivity contribution in [3.05, 3.63) is 51.8 Å². The van der Waals surface area contributed by atoms with Crippen LogP contribution in [-0.2, 0) is 0 Å². The first-order valence-electron chi connectivity index (χ1n) is 8.38. The maximum absolute atomic E-state index is 12.1. The van der Waals surface area contributed by atoms with Crippen molar-refractivity contribution >= 4 is 5.91 Å². The molecule has 0 spiro atoms. The highest BCUT2D eigenvalue weighted by Crippen LogP contribution is 2.22. The molecule has 0 atom stereocenters. The van der Waals surface area contributed by atoms with Gasteiger partial charge in [0.1, 0.15) is 12.4 Å². The largest absolute Gasteiger partial charge is 0.460 e. The number of hydrogen-bond acceptors (Lipinski definition) is 6. The Morgan fingerprint density at radius 2 is 1.84 bits per heavy atom. The van der Waals surface area contributed by atoms with Gasteiger partial charge in [0.25, 0.3) is 5.91 Å². The lowest BCUT2D eigenvalue weighted by Gasteiger charge is -2.28. The number of carbonyl (C=O) groups excluding carboxylic acids is 1. The molecule has 0 bridgehead atoms. The van der Waals surface area contributed by atoms with Crippen molar-refractivity contribution < 1.29 is 13.9 Å². The van der Waals surface area contributed by atoms with Crippen LogP contribution < -0.4 is 15.7 Å². The van der Waals surface area contributed by atoms with E-state index in [1.165, 1.54) is 18.4 Å². The second kappa shape index (κ2) is 7.46. The van der Waals surface area contributed by atoms with Crippen LogP contribution in [0, 0.1) is 13.8 Å². The molecule has 7 nitrogen and oxygen atoms in total. The van der Waals surface area contributed by atoms with E-state index < -0.39 is 5.63 Å². The summed E-state index contributed by atoms with van der Waals surface area (Å²) >= 11 is 0. The van der Waals surface area contributed by atoms with Gasteiger partial charge in [-0.25, -0.2) is 14.8 Å². The number of hydrogen-bond donors (Lipinski definition) is 1. The summed E-state index contributed by atoms with van der Waals surface area (Å²) in [5, 5.41) is 2.97. The van der Waals surface area contributed by atoms with Gasteiger partial charge in [0, 0.05) is 23.5 Å². The molecule has 0 radical (unpaired) electrons. The minimum absolute atomic E-state index is 0.0594. The molecule has 2 aromatic rings. The first-order chi connectivity index (χ1) is 12.0. The molecule has 0 unspecified atom stereocenters. The number of nitrogens with zero attached hydrogens (tertiary/aromatic N) is 2. The van der Waals surface area contributed by atoms with E-state index in [1.54, 1.807) is 0 Å². The normalized spacial score (nSPS) is 20.1. The predicted molar refractivity (Wildman–Crippen MR) is 90.6 cm³/mol. The highest BCUT2D eigenvalue weighted by molar-refractivity contribution is 5.93. The smallest absolute Gasteiger partial charge is 0.335 e. The highest BCUT2D eigenvalue weighted by atomic mass is 16.5. The molecule has 0 aromatic carbocycles. The second-order valence-electron chi connectivity index (χ2n) is 6.34. The van der Waals surface area contributed by atoms with E-state index in [-0.39, 0.29) is 18.1 Å². The Hall–Kier alpha value is -2.70. The van der Waals surface area contributed by atoms with Crippen LogP contribution >= 0.6 is 0 Å². The van der Waals surface area contributed by atoms with Gasteiger partial charge < -0.3 is 14.5 Å². The lowest BCUT2D eigenvalue weighted by molar-refractivity contribution is 0.0882. The average Bonchev–Trinajstić information content (AvgIpc) is 2.56. The van der Waals surface area contributed by atoms with E-state index in [2.05, 4.69) is 15.3 Å². The van der Waals surface area contributed by atoms with Gasteiger partial charge in [0.15, 0.2) is 0 Å². The third-order valence-corrected chi connectivity index (χ3v) is 4.21. The van der Waals surface area contributed by atoms with Crippen LogP contribution in [0.5, 0.6) is 6.01 Å². The fourth-order valence-corrected chi connectivity index (χ4v) is 2.98. The van der Waals surface area contributed by atoms with E-state index in [0.29, 0.717) is 11.6 Å². The fraction of sp³-hybridized carbons (Fsp3) is 0.444. The minimum atomic E-state index is -0.470. The molecule has 2 aromatic heterocycles. The van der Waals surface area contributed by atoms with Crippen molar-refractivity contribution in [2.75, 3.05) is 0 Å². The zero-order valence-electron chi connectivity index (χ0n) is 14.3. The summed E-state index contributed by atoms with van der Waals surface area (Å²) in [6.45, 7) is 3.83. The maximum atomic E-state index is 12.1. The number of rotatable bonds is 4. The van der Waals surface area contributed by atoms with Crippen LogP contribution in [0.15, 0.2) is 33.7 Å². The van der Waals surface area contributed by atoms with Crippen LogP contribution in [0.25, 0.3) is 0 Å². The Kier molecular flexibility index (Phi) is 5.11. The molecule has 2 heterocycles. The molecule has 1 saturated carbocycles. The molecular formula is C18H21N3O4. The summed E-state index contributed by atoms with van der Waals surface area (Å²) in [6, 6.07) is 5.12. The van der Waals surface area contributed by atoms with Gasteiger partial charge in [-0.2, -0.15) is 0 Å². The maximum Gasteiger partial charge on any atom is 0.335 e. The summed E-state index contributed by atoms with van der Waals surface area (Å²) in [7, 11) is 0. The third-order valence-electron chi connectivity index (χ3n) is 4.21. The van der Waals surface area contributed by atoms with Crippen molar-refractivity contribution in [3.63, 3.8) is 0 Å². The molecule has 132 valence electrons. The number of ether oxygens (including phenoxy) is 1. The van der Waals surface area contributed by atoms with Crippen LogP contribution in [0.2, 0.25) is 0 Å². The fourth-order valence-electron chi connectivity index (χ4n) is 2.98. The lowest BCUT2D eigenvalue weighted by Crippen LogP contribution is -2.39. The van der Waals surface area contributed by atoms with E-state index >= 15 is 0 Å². The zero-order valence-corrected chi connectivity index (χ0v) is 14.3. The molecular weight excluding hydrogens is 322 g/mol. The molecule has 1 aliphatic carbocycles. The average molecular weight is 343 g/mol. The first kappa shape index (κ1) is 17.1. The number of nitrogens with one attached hydrogen (secondary N) is 1. The lowest BCUT2D eigenvalue weighted by atomic mass is 9.93. The molecule has 0 saturated heterocycles. The first-order valence-corrected chi connectivity index (χ1v) is 8.38. The Morgan fingerprint density at radius 3 is 2.44 bits per heavy atom. The Balaban J connectivity index is 1.50. The van der Waals surface area contributed by atoms with Gasteiger partial charge in [0.05, 0.1) is 5.56 Å². The highest BCUT2D eigenvalue weighted by Gasteiger charge is 2.24. The van der Waals surface area contributed by atoms with Crippen molar-refractivity contribution in [2.24, 2.45) is 0 Å². The molecule has 1 amide bonds. The quantitative estimate of drug-likeness (QED) is 0.914. The van der Waals surface area contributed by atoms with Crippen LogP contribution in [0.4, 0.5) is 0 Å². The molecule has 1 fully saturated rings. The van der Waals surface area contributed by atoms with Gasteiger partial charge in [0.2, 0.25) is 0 Å². The van der Waals surface area contributed by atoms with E-state index in [4.69, 9.17) is 9.15 Å². The van der Waals surface area contributed by atoms with E-state index in [1.807, 2.05) is 19.9 Å². The number of aromatic nitrogens is 2. The molecule has 1 aliphatic rings. The minimum Gasteiger partial charge on any atom is -0.460 e. The molecule has 1 N–H and O–H groups in total. The predicted octanol–water partition coefficient (Wildman–Crippen LogP) is 2.17. The summed E-state index contributed by atoms with van der Waals surface area (Å²) < 4.78 is 10.6. The van der Waals surface area contributed by atoms with Gasteiger partial charge >= 0.3 is 11.6 Å². The van der Waals surface area contributed by atoms with Gasteiger partial charge in [-0.1, -0.05) is 0 Å². The number of aryl methyl sites for hydroxylation is 2. The molecule has 0 aliphatic heterocycles. The van der Waals surface area contributed by atoms with Crippen molar-refractivity contribution in [2.45, 2.75) is 51.7 Å². The standard InChI is InChI=1S/C18H21N3O4/c1-11-9-12(2)20-18(19-11)25-15-6-4-14(5-7-15)21-17(23)13-3-8-16(22)24-10-13/h3,8-10,14-15H,4-7H2,1-2H3,(H,21,23). The zero-order chi connectivity index (χ0) is 17.8. The summed E-state index contributed by atoms with van der Waals surface area (Å²) in [5.74, 6) is -0.231. The monoisotopic (exact) mass is 343 g/mol. The van der Waals surface area contributed by atoms with E-state index in [9.17, 15) is 9.59 Å². The van der Waals surface area contributed by atoms with Gasteiger partial charge in [-0.05, 0) is 51.7 Å². The molecule has 25 heavy (non-hydrogen) atoms. The van der Waals surface area contributed by atoms with Gasteiger partial charge in [-0.15, -0.1) is 0 Å². The Labute approximate surface area is 145 Å². The van der Waals surface area contributed by atoms with Crippen molar-refractivity contribution in [1.29, 1.82) is 0 Å². The SMILES string of the molecule is Cc1cc(C)nc(OC2CCC(NC(=O)c3ccc(=O)oc3)CC2)n1.